The minimum atomic E-state index is -0.393. The van der Waals surface area contributed by atoms with E-state index in [1.807, 2.05) is 18.7 Å². The molecule has 0 radical (unpaired) electrons. The number of carbonyl (C=O) groups is 2. The predicted molar refractivity (Wildman–Crippen MR) is 114 cm³/mol. The molecule has 3 aliphatic rings. The van der Waals surface area contributed by atoms with E-state index >= 15 is 0 Å². The van der Waals surface area contributed by atoms with Crippen molar-refractivity contribution in [3.63, 3.8) is 0 Å². The van der Waals surface area contributed by atoms with Crippen LogP contribution in [0.2, 0.25) is 0 Å². The van der Waals surface area contributed by atoms with Gasteiger partial charge < -0.3 is 19.9 Å². The van der Waals surface area contributed by atoms with Crippen LogP contribution in [0.1, 0.15) is 47.5 Å². The largest absolute Gasteiger partial charge is 0.447 e. The molecule has 1 N–H and O–H groups in total. The average Bonchev–Trinajstić information content (AvgIpc) is 2.61. The van der Waals surface area contributed by atoms with Crippen LogP contribution in [0, 0.1) is 11.8 Å². The van der Waals surface area contributed by atoms with Gasteiger partial charge in [-0.2, -0.15) is 0 Å². The molecular weight excluding hydrogens is 366 g/mol. The quantitative estimate of drug-likeness (QED) is 0.787. The molecule has 3 rings (SSSR count). The number of carbonyl (C=O) groups excluding carboxylic acids is 2. The van der Waals surface area contributed by atoms with Gasteiger partial charge in [-0.1, -0.05) is 32.1 Å². The lowest BCUT2D eigenvalue weighted by atomic mass is 9.75. The van der Waals surface area contributed by atoms with Crippen molar-refractivity contribution in [3.05, 3.63) is 35.6 Å². The molecule has 5 atom stereocenters. The lowest BCUT2D eigenvalue weighted by Crippen LogP contribution is -2.56. The second-order valence-electron chi connectivity index (χ2n) is 8.98. The summed E-state index contributed by atoms with van der Waals surface area (Å²) in [6, 6.07) is 0.161. The maximum absolute atomic E-state index is 12.3. The van der Waals surface area contributed by atoms with E-state index in [-0.39, 0.29) is 30.0 Å². The Morgan fingerprint density at radius 3 is 2.59 bits per heavy atom. The summed E-state index contributed by atoms with van der Waals surface area (Å²) in [7, 11) is 2.12. The fraction of sp³-hybridized carbons (Fsp3) is 0.652. The zero-order valence-corrected chi connectivity index (χ0v) is 18.5. The van der Waals surface area contributed by atoms with E-state index in [4.69, 9.17) is 4.74 Å². The third-order valence-electron chi connectivity index (χ3n) is 6.23. The molecule has 0 aromatic rings. The first-order valence-corrected chi connectivity index (χ1v) is 10.7. The molecular formula is C23H35N3O3. The molecule has 1 aliphatic carbocycles. The third-order valence-corrected chi connectivity index (χ3v) is 6.23. The summed E-state index contributed by atoms with van der Waals surface area (Å²) in [5.41, 5.74) is 2.39. The highest BCUT2D eigenvalue weighted by atomic mass is 16.6. The average molecular weight is 402 g/mol. The fourth-order valence-corrected chi connectivity index (χ4v) is 5.08. The topological polar surface area (TPSA) is 61.9 Å². The Bertz CT molecular complexity index is 740. The van der Waals surface area contributed by atoms with Crippen LogP contribution in [-0.4, -0.2) is 59.6 Å². The van der Waals surface area contributed by atoms with Crippen molar-refractivity contribution in [2.24, 2.45) is 11.8 Å². The minimum absolute atomic E-state index is 0.0194. The Kier molecular flexibility index (Phi) is 6.39. The number of nitrogens with zero attached hydrogens (tertiary/aromatic N) is 2. The van der Waals surface area contributed by atoms with Gasteiger partial charge in [0.1, 0.15) is 0 Å². The molecule has 1 saturated heterocycles. The standard InChI is InChI=1S/C23H35N3O3/c1-14(2)29-23(28)24-20-9-11-26(17(5)27)22-16(4)12-18(13-19(20)22)21-15(3)8-7-10-25(21)6/h7,10,12-16,20-22H,8-9,11H2,1-6H3,(H,24,28). The van der Waals surface area contributed by atoms with Crippen molar-refractivity contribution in [1.29, 1.82) is 0 Å². The second kappa shape index (κ2) is 8.64. The number of piperidine rings is 1. The predicted octanol–water partition coefficient (Wildman–Crippen LogP) is 3.47. The van der Waals surface area contributed by atoms with Gasteiger partial charge >= 0.3 is 6.09 Å². The SMILES string of the molecule is CC(=O)N1CCC(NC(=O)OC(C)C)C2=CC(C3C(C)CC=CN3C)=CC(C)C21. The molecule has 2 amide bonds. The molecule has 160 valence electrons. The number of fused-ring (bicyclic) bond motifs is 1. The van der Waals surface area contributed by atoms with Crippen LogP contribution in [0.4, 0.5) is 4.79 Å². The molecule has 1 fully saturated rings. The smallest absolute Gasteiger partial charge is 0.407 e. The number of hydrogen-bond donors (Lipinski definition) is 1. The van der Waals surface area contributed by atoms with E-state index in [9.17, 15) is 9.59 Å². The number of alkyl carbamates (subject to hydrolysis) is 1. The van der Waals surface area contributed by atoms with Gasteiger partial charge in [0, 0.05) is 20.5 Å². The zero-order chi connectivity index (χ0) is 21.3. The number of nitrogens with one attached hydrogen (secondary N) is 1. The van der Waals surface area contributed by atoms with E-state index < -0.39 is 6.09 Å². The Hall–Kier alpha value is -2.24. The molecule has 5 unspecified atom stereocenters. The normalized spacial score (nSPS) is 31.8. The minimum Gasteiger partial charge on any atom is -0.447 e. The number of hydrogen-bond acceptors (Lipinski definition) is 4. The number of rotatable bonds is 3. The van der Waals surface area contributed by atoms with Gasteiger partial charge in [-0.15, -0.1) is 0 Å². The molecule has 0 saturated carbocycles. The van der Waals surface area contributed by atoms with Gasteiger partial charge in [-0.3, -0.25) is 4.79 Å². The number of likely N-dealkylation sites (N-methyl/N-ethyl adjacent to an activating group) is 1. The lowest BCUT2D eigenvalue weighted by Gasteiger charge is -2.47. The summed E-state index contributed by atoms with van der Waals surface area (Å²) in [6.45, 7) is 10.4. The Morgan fingerprint density at radius 2 is 1.97 bits per heavy atom. The van der Waals surface area contributed by atoms with Crippen LogP contribution in [0.25, 0.3) is 0 Å². The summed E-state index contributed by atoms with van der Waals surface area (Å²) in [5.74, 6) is 0.770. The monoisotopic (exact) mass is 401 g/mol. The summed E-state index contributed by atoms with van der Waals surface area (Å²) >= 11 is 0. The van der Waals surface area contributed by atoms with Crippen molar-refractivity contribution in [1.82, 2.24) is 15.1 Å². The summed E-state index contributed by atoms with van der Waals surface area (Å²) in [4.78, 5) is 28.8. The molecule has 2 heterocycles. The second-order valence-corrected chi connectivity index (χ2v) is 8.98. The molecule has 0 aromatic carbocycles. The highest BCUT2D eigenvalue weighted by Crippen LogP contribution is 2.38. The first-order valence-electron chi connectivity index (χ1n) is 10.7. The van der Waals surface area contributed by atoms with Crippen molar-refractivity contribution in [3.8, 4) is 0 Å². The van der Waals surface area contributed by atoms with Crippen molar-refractivity contribution in [2.75, 3.05) is 13.6 Å². The van der Waals surface area contributed by atoms with E-state index in [0.29, 0.717) is 24.9 Å². The van der Waals surface area contributed by atoms with Crippen molar-refractivity contribution >= 4 is 12.0 Å². The van der Waals surface area contributed by atoms with E-state index in [2.05, 4.69) is 55.5 Å². The van der Waals surface area contributed by atoms with E-state index in [1.54, 1.807) is 6.92 Å². The number of allylic oxidation sites excluding steroid dienone is 1. The Morgan fingerprint density at radius 1 is 1.24 bits per heavy atom. The molecule has 2 aliphatic heterocycles. The summed E-state index contributed by atoms with van der Waals surface area (Å²) < 4.78 is 5.32. The maximum atomic E-state index is 12.3. The first-order chi connectivity index (χ1) is 13.7. The molecule has 0 aromatic heterocycles. The molecule has 0 spiro atoms. The van der Waals surface area contributed by atoms with E-state index in [1.165, 1.54) is 5.57 Å². The number of ether oxygens (including phenoxy) is 1. The van der Waals surface area contributed by atoms with Gasteiger partial charge in [-0.25, -0.2) is 4.79 Å². The highest BCUT2D eigenvalue weighted by Gasteiger charge is 2.41. The molecule has 6 heteroatoms. The van der Waals surface area contributed by atoms with Crippen LogP contribution >= 0.6 is 0 Å². The molecule has 6 nitrogen and oxygen atoms in total. The third kappa shape index (κ3) is 4.51. The van der Waals surface area contributed by atoms with Crippen molar-refractivity contribution in [2.45, 2.75) is 71.7 Å². The van der Waals surface area contributed by atoms with Gasteiger partial charge in [0.05, 0.1) is 24.2 Å². The van der Waals surface area contributed by atoms with Gasteiger partial charge in [0.25, 0.3) is 0 Å². The van der Waals surface area contributed by atoms with Crippen LogP contribution in [0.15, 0.2) is 35.6 Å². The number of amides is 2. The summed E-state index contributed by atoms with van der Waals surface area (Å²) in [5, 5.41) is 3.05. The molecule has 0 bridgehead atoms. The van der Waals surface area contributed by atoms with Gasteiger partial charge in [0.15, 0.2) is 0 Å². The van der Waals surface area contributed by atoms with Gasteiger partial charge in [0.2, 0.25) is 5.91 Å². The van der Waals surface area contributed by atoms with Crippen LogP contribution in [0.3, 0.4) is 0 Å². The lowest BCUT2D eigenvalue weighted by molar-refractivity contribution is -0.132. The first kappa shape index (κ1) is 21.5. The highest BCUT2D eigenvalue weighted by molar-refractivity contribution is 5.75. The van der Waals surface area contributed by atoms with Crippen molar-refractivity contribution < 1.29 is 14.3 Å². The fourth-order valence-electron chi connectivity index (χ4n) is 5.08. The molecule has 29 heavy (non-hydrogen) atoms. The van der Waals surface area contributed by atoms with Gasteiger partial charge in [-0.05, 0) is 55.9 Å². The summed E-state index contributed by atoms with van der Waals surface area (Å²) in [6.07, 6.45) is 10.1. The zero-order valence-electron chi connectivity index (χ0n) is 18.5. The Balaban J connectivity index is 1.93. The van der Waals surface area contributed by atoms with E-state index in [0.717, 1.165) is 12.0 Å². The van der Waals surface area contributed by atoms with Crippen LogP contribution in [-0.2, 0) is 9.53 Å². The maximum Gasteiger partial charge on any atom is 0.407 e. The van der Waals surface area contributed by atoms with Crippen LogP contribution in [0.5, 0.6) is 0 Å². The number of likely N-dealkylation sites (tertiary alicyclic amines) is 1. The Labute approximate surface area is 174 Å². The van der Waals surface area contributed by atoms with Crippen LogP contribution < -0.4 is 5.32 Å².